The Morgan fingerprint density at radius 1 is 1.50 bits per heavy atom. The quantitative estimate of drug-likeness (QED) is 0.367. The molecular weight excluding hydrogens is 304 g/mol. The van der Waals surface area contributed by atoms with Crippen molar-refractivity contribution in [1.82, 2.24) is 9.55 Å². The Bertz CT molecular complexity index is 699. The van der Waals surface area contributed by atoms with E-state index in [1.807, 2.05) is 18.2 Å². The first-order valence-corrected chi connectivity index (χ1v) is 7.37. The molecule has 0 fully saturated rings. The zero-order chi connectivity index (χ0) is 15.9. The third-order valence-corrected chi connectivity index (χ3v) is 3.72. The molecule has 0 bridgehead atoms. The number of amides is 1. The highest BCUT2D eigenvalue weighted by molar-refractivity contribution is 7.99. The predicted octanol–water partition coefficient (Wildman–Crippen LogP) is 2.71. The third kappa shape index (κ3) is 4.19. The van der Waals surface area contributed by atoms with E-state index in [2.05, 4.69) is 16.9 Å². The van der Waals surface area contributed by atoms with Crippen molar-refractivity contribution in [2.24, 2.45) is 0 Å². The Labute approximate surface area is 131 Å². The van der Waals surface area contributed by atoms with Crippen LogP contribution in [0.5, 0.6) is 0 Å². The maximum absolute atomic E-state index is 12.0. The van der Waals surface area contributed by atoms with E-state index in [9.17, 15) is 14.9 Å². The predicted molar refractivity (Wildman–Crippen MR) is 84.9 cm³/mol. The lowest BCUT2D eigenvalue weighted by molar-refractivity contribution is -0.389. The van der Waals surface area contributed by atoms with Crippen LogP contribution in [0.4, 0.5) is 11.5 Å². The van der Waals surface area contributed by atoms with Gasteiger partial charge in [-0.2, -0.15) is 0 Å². The molecule has 1 aromatic carbocycles. The minimum Gasteiger partial charge on any atom is -0.358 e. The normalized spacial score (nSPS) is 10.2. The van der Waals surface area contributed by atoms with Gasteiger partial charge in [0, 0.05) is 10.6 Å². The highest BCUT2D eigenvalue weighted by Crippen LogP contribution is 2.26. The summed E-state index contributed by atoms with van der Waals surface area (Å²) < 4.78 is 1.37. The molecule has 0 saturated carbocycles. The number of imidazole rings is 1. The highest BCUT2D eigenvalue weighted by Gasteiger charge is 2.13. The number of nitrogens with zero attached hydrogens (tertiary/aromatic N) is 3. The summed E-state index contributed by atoms with van der Waals surface area (Å²) in [7, 11) is 0. The minimum absolute atomic E-state index is 0.0404. The highest BCUT2D eigenvalue weighted by atomic mass is 32.2. The summed E-state index contributed by atoms with van der Waals surface area (Å²) in [5.74, 6) is 0.175. The number of para-hydroxylation sites is 1. The molecule has 1 N–H and O–H groups in total. The molecule has 0 aliphatic carbocycles. The van der Waals surface area contributed by atoms with Gasteiger partial charge in [-0.1, -0.05) is 18.2 Å². The van der Waals surface area contributed by atoms with Gasteiger partial charge >= 0.3 is 5.82 Å². The fraction of sp³-hybridized carbons (Fsp3) is 0.143. The number of rotatable bonds is 7. The second-order valence-electron chi connectivity index (χ2n) is 4.31. The summed E-state index contributed by atoms with van der Waals surface area (Å²) in [5.41, 5.74) is 0.703. The van der Waals surface area contributed by atoms with Crippen LogP contribution in [0.2, 0.25) is 0 Å². The number of nitro groups is 1. The maximum atomic E-state index is 12.0. The number of aromatic nitrogens is 2. The molecule has 7 nitrogen and oxygen atoms in total. The Hall–Kier alpha value is -2.61. The van der Waals surface area contributed by atoms with Gasteiger partial charge in [0.05, 0.1) is 5.69 Å². The number of carbonyl (C=O) groups excluding carboxylic acids is 1. The molecule has 0 unspecified atom stereocenters. The lowest BCUT2D eigenvalue weighted by Crippen LogP contribution is -2.18. The molecular formula is C14H14N4O3S. The van der Waals surface area contributed by atoms with Gasteiger partial charge in [-0.3, -0.25) is 4.79 Å². The average molecular weight is 318 g/mol. The summed E-state index contributed by atoms with van der Waals surface area (Å²) >= 11 is 1.56. The molecule has 1 amide bonds. The maximum Gasteiger partial charge on any atom is 0.381 e. The summed E-state index contributed by atoms with van der Waals surface area (Å²) in [6.45, 7) is 3.62. The van der Waals surface area contributed by atoms with Crippen LogP contribution in [-0.2, 0) is 11.3 Å². The molecule has 8 heteroatoms. The second kappa shape index (κ2) is 7.41. The van der Waals surface area contributed by atoms with Crippen LogP contribution >= 0.6 is 11.8 Å². The lowest BCUT2D eigenvalue weighted by atomic mass is 10.3. The van der Waals surface area contributed by atoms with Crippen molar-refractivity contribution < 1.29 is 9.72 Å². The second-order valence-corrected chi connectivity index (χ2v) is 5.37. The summed E-state index contributed by atoms with van der Waals surface area (Å²) in [6, 6.07) is 7.43. The molecule has 0 atom stereocenters. The summed E-state index contributed by atoms with van der Waals surface area (Å²) in [5, 5.41) is 13.3. The van der Waals surface area contributed by atoms with E-state index in [0.29, 0.717) is 5.69 Å². The minimum atomic E-state index is -0.602. The van der Waals surface area contributed by atoms with Gasteiger partial charge in [-0.25, -0.2) is 0 Å². The van der Waals surface area contributed by atoms with E-state index < -0.39 is 4.92 Å². The number of nitrogens with one attached hydrogen (secondary N) is 1. The molecule has 0 spiro atoms. The van der Waals surface area contributed by atoms with Crippen LogP contribution in [0.3, 0.4) is 0 Å². The zero-order valence-electron chi connectivity index (χ0n) is 11.6. The van der Waals surface area contributed by atoms with Crippen LogP contribution < -0.4 is 5.32 Å². The molecule has 1 heterocycles. The van der Waals surface area contributed by atoms with Crippen molar-refractivity contribution >= 4 is 29.2 Å². The molecule has 114 valence electrons. The van der Waals surface area contributed by atoms with Crippen LogP contribution in [0.25, 0.3) is 0 Å². The molecule has 0 aliphatic rings. The Morgan fingerprint density at radius 3 is 2.95 bits per heavy atom. The topological polar surface area (TPSA) is 90.1 Å². The number of benzene rings is 1. The van der Waals surface area contributed by atoms with E-state index in [1.165, 1.54) is 17.1 Å². The average Bonchev–Trinajstić information content (AvgIpc) is 2.95. The van der Waals surface area contributed by atoms with Crippen molar-refractivity contribution in [3.05, 3.63) is 59.6 Å². The first-order valence-electron chi connectivity index (χ1n) is 6.39. The first kappa shape index (κ1) is 15.8. The van der Waals surface area contributed by atoms with E-state index in [1.54, 1.807) is 23.9 Å². The first-order chi connectivity index (χ1) is 10.6. The van der Waals surface area contributed by atoms with Crippen LogP contribution in [0.15, 0.2) is 54.3 Å². The number of hydrogen-bond donors (Lipinski definition) is 1. The number of carbonyl (C=O) groups is 1. The molecule has 2 rings (SSSR count). The molecule has 22 heavy (non-hydrogen) atoms. The smallest absolute Gasteiger partial charge is 0.358 e. The van der Waals surface area contributed by atoms with Gasteiger partial charge in [-0.15, -0.1) is 18.3 Å². The molecule has 0 radical (unpaired) electrons. The fourth-order valence-corrected chi connectivity index (χ4v) is 2.48. The Kier molecular flexibility index (Phi) is 5.31. The lowest BCUT2D eigenvalue weighted by Gasteiger charge is -2.09. The van der Waals surface area contributed by atoms with Crippen LogP contribution in [-0.4, -0.2) is 26.1 Å². The van der Waals surface area contributed by atoms with Gasteiger partial charge in [0.25, 0.3) is 0 Å². The van der Waals surface area contributed by atoms with Gasteiger partial charge in [0.1, 0.15) is 12.7 Å². The van der Waals surface area contributed by atoms with Crippen molar-refractivity contribution in [1.29, 1.82) is 0 Å². The summed E-state index contributed by atoms with van der Waals surface area (Å²) in [6.07, 6.45) is 4.27. The van der Waals surface area contributed by atoms with Gasteiger partial charge in [0.2, 0.25) is 12.2 Å². The van der Waals surface area contributed by atoms with Crippen molar-refractivity contribution in [2.75, 3.05) is 11.1 Å². The van der Waals surface area contributed by atoms with E-state index in [4.69, 9.17) is 0 Å². The fourth-order valence-electron chi connectivity index (χ4n) is 1.73. The van der Waals surface area contributed by atoms with Crippen molar-refractivity contribution in [3.63, 3.8) is 0 Å². The Balaban J connectivity index is 2.02. The van der Waals surface area contributed by atoms with Crippen LogP contribution in [0.1, 0.15) is 0 Å². The van der Waals surface area contributed by atoms with Gasteiger partial charge in [-0.05, 0) is 22.0 Å². The van der Waals surface area contributed by atoms with E-state index in [0.717, 1.165) is 10.6 Å². The third-order valence-electron chi connectivity index (χ3n) is 2.65. The monoisotopic (exact) mass is 318 g/mol. The molecule has 0 aliphatic heterocycles. The number of anilines is 1. The summed E-state index contributed by atoms with van der Waals surface area (Å²) in [4.78, 5) is 26.5. The Morgan fingerprint density at radius 2 is 2.27 bits per heavy atom. The SMILES string of the molecule is C=CCSc1ccccc1NC(=O)Cn1cnc([N+](=O)[O-])c1. The van der Waals surface area contributed by atoms with Crippen molar-refractivity contribution in [3.8, 4) is 0 Å². The zero-order valence-corrected chi connectivity index (χ0v) is 12.5. The largest absolute Gasteiger partial charge is 0.381 e. The van der Waals surface area contributed by atoms with E-state index >= 15 is 0 Å². The van der Waals surface area contributed by atoms with Gasteiger partial charge in [0.15, 0.2) is 0 Å². The van der Waals surface area contributed by atoms with E-state index in [-0.39, 0.29) is 18.3 Å². The molecule has 2 aromatic rings. The van der Waals surface area contributed by atoms with Crippen molar-refractivity contribution in [2.45, 2.75) is 11.4 Å². The standard InChI is InChI=1S/C14H14N4O3S/c1-2-7-22-12-6-4-3-5-11(12)16-14(19)9-17-8-13(15-10-17)18(20)21/h2-6,8,10H,1,7,9H2,(H,16,19). The number of hydrogen-bond acceptors (Lipinski definition) is 5. The van der Waals surface area contributed by atoms with Gasteiger partial charge < -0.3 is 20.0 Å². The molecule has 0 saturated heterocycles. The molecule has 1 aromatic heterocycles. The van der Waals surface area contributed by atoms with Crippen LogP contribution in [0, 0.1) is 10.1 Å². The number of thioether (sulfide) groups is 1.